The molecule has 0 atom stereocenters. The van der Waals surface area contributed by atoms with Gasteiger partial charge < -0.3 is 0 Å². The molecule has 0 aromatic heterocycles. The standard InChI is InChI=1S/C14H15N/c1-3-5-6-7-13-9-8-12(4-2)10-14(13)11-15/h8-10H,3-5H2,1-2H3. The summed E-state index contributed by atoms with van der Waals surface area (Å²) < 4.78 is 0. The van der Waals surface area contributed by atoms with Gasteiger partial charge in [-0.1, -0.05) is 31.8 Å². The van der Waals surface area contributed by atoms with Gasteiger partial charge >= 0.3 is 0 Å². The van der Waals surface area contributed by atoms with Crippen LogP contribution in [0.5, 0.6) is 0 Å². The van der Waals surface area contributed by atoms with Crippen molar-refractivity contribution in [3.8, 4) is 17.9 Å². The maximum absolute atomic E-state index is 8.98. The largest absolute Gasteiger partial charge is 0.192 e. The highest BCUT2D eigenvalue weighted by Crippen LogP contribution is 2.10. The van der Waals surface area contributed by atoms with Crippen LogP contribution in [0.2, 0.25) is 0 Å². The van der Waals surface area contributed by atoms with Crippen molar-refractivity contribution in [3.05, 3.63) is 34.9 Å². The average Bonchev–Trinajstić information content (AvgIpc) is 2.29. The van der Waals surface area contributed by atoms with Gasteiger partial charge in [0, 0.05) is 12.0 Å². The third-order valence-corrected chi connectivity index (χ3v) is 2.21. The molecule has 1 nitrogen and oxygen atoms in total. The molecule has 0 radical (unpaired) electrons. The number of nitrogens with zero attached hydrogens (tertiary/aromatic N) is 1. The van der Waals surface area contributed by atoms with Crippen LogP contribution in [-0.4, -0.2) is 0 Å². The SMILES string of the molecule is CCCC#Cc1ccc(CC)cc1C#N. The molecule has 1 heteroatoms. The van der Waals surface area contributed by atoms with Crippen molar-refractivity contribution in [1.82, 2.24) is 0 Å². The number of aryl methyl sites for hydroxylation is 1. The molecule has 0 aliphatic heterocycles. The number of hydrogen-bond acceptors (Lipinski definition) is 1. The summed E-state index contributed by atoms with van der Waals surface area (Å²) in [6.07, 6.45) is 2.90. The lowest BCUT2D eigenvalue weighted by molar-refractivity contribution is 0.983. The Labute approximate surface area is 91.7 Å². The van der Waals surface area contributed by atoms with Gasteiger partial charge in [0.25, 0.3) is 0 Å². The van der Waals surface area contributed by atoms with Crippen LogP contribution in [0.1, 0.15) is 43.4 Å². The van der Waals surface area contributed by atoms with E-state index < -0.39 is 0 Å². The van der Waals surface area contributed by atoms with Gasteiger partial charge in [0.2, 0.25) is 0 Å². The fourth-order valence-corrected chi connectivity index (χ4v) is 1.30. The maximum atomic E-state index is 8.98. The first kappa shape index (κ1) is 11.3. The van der Waals surface area contributed by atoms with Crippen molar-refractivity contribution in [2.45, 2.75) is 33.1 Å². The third-order valence-electron chi connectivity index (χ3n) is 2.21. The first-order valence-corrected chi connectivity index (χ1v) is 5.33. The van der Waals surface area contributed by atoms with E-state index in [4.69, 9.17) is 5.26 Å². The second kappa shape index (κ2) is 5.89. The van der Waals surface area contributed by atoms with Gasteiger partial charge in [-0.05, 0) is 30.5 Å². The molecule has 0 aliphatic carbocycles. The number of unbranched alkanes of at least 4 members (excludes halogenated alkanes) is 1. The molecule has 0 amide bonds. The van der Waals surface area contributed by atoms with E-state index in [1.54, 1.807) is 0 Å². The molecular weight excluding hydrogens is 182 g/mol. The molecule has 0 spiro atoms. The van der Waals surface area contributed by atoms with E-state index in [0.717, 1.165) is 24.8 Å². The van der Waals surface area contributed by atoms with Gasteiger partial charge in [-0.3, -0.25) is 0 Å². The van der Waals surface area contributed by atoms with E-state index >= 15 is 0 Å². The molecule has 1 aromatic carbocycles. The van der Waals surface area contributed by atoms with Crippen LogP contribution in [0.4, 0.5) is 0 Å². The highest BCUT2D eigenvalue weighted by Gasteiger charge is 1.99. The summed E-state index contributed by atoms with van der Waals surface area (Å²) >= 11 is 0. The normalized spacial score (nSPS) is 8.87. The minimum atomic E-state index is 0.693. The summed E-state index contributed by atoms with van der Waals surface area (Å²) in [6, 6.07) is 8.10. The van der Waals surface area contributed by atoms with Gasteiger partial charge in [-0.15, -0.1) is 0 Å². The van der Waals surface area contributed by atoms with Crippen molar-refractivity contribution in [3.63, 3.8) is 0 Å². The predicted octanol–water partition coefficient (Wildman–Crippen LogP) is 3.27. The van der Waals surface area contributed by atoms with Crippen LogP contribution in [0.25, 0.3) is 0 Å². The summed E-state index contributed by atoms with van der Waals surface area (Å²) in [7, 11) is 0. The van der Waals surface area contributed by atoms with Gasteiger partial charge in [-0.25, -0.2) is 0 Å². The second-order valence-corrected chi connectivity index (χ2v) is 3.40. The van der Waals surface area contributed by atoms with Crippen LogP contribution in [0.3, 0.4) is 0 Å². The Morgan fingerprint density at radius 1 is 1.20 bits per heavy atom. The van der Waals surface area contributed by atoms with Crippen LogP contribution < -0.4 is 0 Å². The first-order valence-electron chi connectivity index (χ1n) is 5.33. The van der Waals surface area contributed by atoms with Gasteiger partial charge in [0.1, 0.15) is 6.07 Å². The lowest BCUT2D eigenvalue weighted by Crippen LogP contribution is -1.87. The van der Waals surface area contributed by atoms with Crippen LogP contribution in [0.15, 0.2) is 18.2 Å². The Kier molecular flexibility index (Phi) is 4.45. The zero-order valence-electron chi connectivity index (χ0n) is 9.30. The van der Waals surface area contributed by atoms with Gasteiger partial charge in [-0.2, -0.15) is 5.26 Å². The fraction of sp³-hybridized carbons (Fsp3) is 0.357. The average molecular weight is 197 g/mol. The zero-order chi connectivity index (χ0) is 11.1. The smallest absolute Gasteiger partial charge is 0.100 e. The predicted molar refractivity (Wildman–Crippen MR) is 62.3 cm³/mol. The zero-order valence-corrected chi connectivity index (χ0v) is 9.30. The summed E-state index contributed by atoms with van der Waals surface area (Å²) in [4.78, 5) is 0. The Morgan fingerprint density at radius 3 is 2.60 bits per heavy atom. The summed E-state index contributed by atoms with van der Waals surface area (Å²) in [5.41, 5.74) is 2.73. The molecular formula is C14H15N. The molecule has 0 saturated carbocycles. The summed E-state index contributed by atoms with van der Waals surface area (Å²) in [5, 5.41) is 8.98. The van der Waals surface area contributed by atoms with Crippen molar-refractivity contribution < 1.29 is 0 Å². The Balaban J connectivity index is 3.00. The molecule has 76 valence electrons. The van der Waals surface area contributed by atoms with E-state index in [0.29, 0.717) is 5.56 Å². The first-order chi connectivity index (χ1) is 7.31. The lowest BCUT2D eigenvalue weighted by atomic mass is 10.0. The van der Waals surface area contributed by atoms with Gasteiger partial charge in [0.05, 0.1) is 5.56 Å². The van der Waals surface area contributed by atoms with Crippen LogP contribution in [-0.2, 0) is 6.42 Å². The highest BCUT2D eigenvalue weighted by molar-refractivity contribution is 5.49. The summed E-state index contributed by atoms with van der Waals surface area (Å²) in [5.74, 6) is 6.11. The molecule has 0 heterocycles. The van der Waals surface area contributed by atoms with E-state index in [9.17, 15) is 0 Å². The van der Waals surface area contributed by atoms with Crippen molar-refractivity contribution in [2.24, 2.45) is 0 Å². The second-order valence-electron chi connectivity index (χ2n) is 3.40. The Hall–Kier alpha value is -1.73. The van der Waals surface area contributed by atoms with Crippen LogP contribution in [0, 0.1) is 23.2 Å². The number of nitriles is 1. The number of hydrogen-bond donors (Lipinski definition) is 0. The Morgan fingerprint density at radius 2 is 2.00 bits per heavy atom. The minimum absolute atomic E-state index is 0.693. The lowest BCUT2D eigenvalue weighted by Gasteiger charge is -1.99. The van der Waals surface area contributed by atoms with E-state index in [1.807, 2.05) is 18.2 Å². The fourth-order valence-electron chi connectivity index (χ4n) is 1.30. The van der Waals surface area contributed by atoms with E-state index in [2.05, 4.69) is 31.8 Å². The highest BCUT2D eigenvalue weighted by atomic mass is 14.2. The third kappa shape index (κ3) is 3.15. The number of benzene rings is 1. The quantitative estimate of drug-likeness (QED) is 0.667. The Bertz CT molecular complexity index is 427. The maximum Gasteiger partial charge on any atom is 0.100 e. The molecule has 15 heavy (non-hydrogen) atoms. The van der Waals surface area contributed by atoms with Crippen molar-refractivity contribution in [1.29, 1.82) is 5.26 Å². The van der Waals surface area contributed by atoms with Crippen molar-refractivity contribution in [2.75, 3.05) is 0 Å². The molecule has 0 bridgehead atoms. The van der Waals surface area contributed by atoms with E-state index in [-0.39, 0.29) is 0 Å². The topological polar surface area (TPSA) is 23.8 Å². The molecule has 0 aliphatic rings. The van der Waals surface area contributed by atoms with E-state index in [1.165, 1.54) is 5.56 Å². The molecule has 0 fully saturated rings. The monoisotopic (exact) mass is 197 g/mol. The molecule has 1 rings (SSSR count). The van der Waals surface area contributed by atoms with Gasteiger partial charge in [0.15, 0.2) is 0 Å². The minimum Gasteiger partial charge on any atom is -0.192 e. The van der Waals surface area contributed by atoms with Crippen molar-refractivity contribution >= 4 is 0 Å². The summed E-state index contributed by atoms with van der Waals surface area (Å²) in [6.45, 7) is 4.18. The van der Waals surface area contributed by atoms with Crippen LogP contribution >= 0.6 is 0 Å². The molecule has 0 unspecified atom stereocenters. The molecule has 1 aromatic rings. The molecule has 0 N–H and O–H groups in total. The molecule has 0 saturated heterocycles. The number of rotatable bonds is 2.